The molecule has 2 aliphatic rings. The van der Waals surface area contributed by atoms with Crippen molar-refractivity contribution in [3.63, 3.8) is 0 Å². The van der Waals surface area contributed by atoms with Crippen molar-refractivity contribution in [1.82, 2.24) is 20.2 Å². The molecule has 4 rings (SSSR count). The number of carbonyl (C=O) groups is 3. The summed E-state index contributed by atoms with van der Waals surface area (Å²) in [7, 11) is 1.62. The van der Waals surface area contributed by atoms with Gasteiger partial charge >= 0.3 is 6.09 Å². The van der Waals surface area contributed by atoms with Crippen LogP contribution in [-0.2, 0) is 22.5 Å². The first-order valence-corrected chi connectivity index (χ1v) is 13.5. The van der Waals surface area contributed by atoms with Crippen molar-refractivity contribution >= 4 is 35.3 Å². The number of fused-ring (bicyclic) bond motifs is 1. The smallest absolute Gasteiger partial charge is 0.407 e. The van der Waals surface area contributed by atoms with Gasteiger partial charge in [-0.05, 0) is 64.0 Å². The molecule has 2 aromatic rings. The van der Waals surface area contributed by atoms with E-state index in [1.54, 1.807) is 13.1 Å². The van der Waals surface area contributed by atoms with Crippen molar-refractivity contribution in [2.75, 3.05) is 12.4 Å². The van der Waals surface area contributed by atoms with Crippen LogP contribution in [0.4, 0.5) is 10.6 Å². The fourth-order valence-corrected chi connectivity index (χ4v) is 5.63. The Balaban J connectivity index is 1.51. The van der Waals surface area contributed by atoms with Gasteiger partial charge in [0.25, 0.3) is 5.91 Å². The zero-order valence-corrected chi connectivity index (χ0v) is 23.8. The van der Waals surface area contributed by atoms with E-state index in [1.165, 1.54) is 6.20 Å². The number of amides is 3. The second-order valence-corrected chi connectivity index (χ2v) is 12.5. The average molecular weight is 544 g/mol. The van der Waals surface area contributed by atoms with E-state index >= 15 is 0 Å². The third-order valence-corrected chi connectivity index (χ3v) is 7.36. The molecular formula is C28H38ClN5O4. The molecule has 10 heteroatoms. The van der Waals surface area contributed by atoms with E-state index in [4.69, 9.17) is 16.3 Å². The molecule has 1 saturated carbocycles. The lowest BCUT2D eigenvalue weighted by molar-refractivity contribution is -0.121. The molecule has 0 unspecified atom stereocenters. The van der Waals surface area contributed by atoms with Crippen LogP contribution < -0.4 is 16.0 Å². The van der Waals surface area contributed by atoms with Gasteiger partial charge in [-0.25, -0.2) is 9.78 Å². The van der Waals surface area contributed by atoms with Crippen LogP contribution in [0.25, 0.3) is 11.1 Å². The van der Waals surface area contributed by atoms with E-state index in [0.717, 1.165) is 49.0 Å². The lowest BCUT2D eigenvalue weighted by atomic mass is 9.85. The minimum absolute atomic E-state index is 0.00945. The van der Waals surface area contributed by atoms with Gasteiger partial charge in [0.2, 0.25) is 5.91 Å². The Morgan fingerprint density at radius 3 is 2.58 bits per heavy atom. The normalized spacial score (nSPS) is 20.4. The van der Waals surface area contributed by atoms with Gasteiger partial charge in [-0.2, -0.15) is 0 Å². The van der Waals surface area contributed by atoms with Gasteiger partial charge in [0, 0.05) is 48.6 Å². The minimum Gasteiger partial charge on any atom is -0.444 e. The maximum atomic E-state index is 13.2. The van der Waals surface area contributed by atoms with Crippen LogP contribution in [0.1, 0.15) is 76.5 Å². The minimum atomic E-state index is -0.579. The number of alkyl carbamates (subject to hydrolysis) is 1. The maximum Gasteiger partial charge on any atom is 0.407 e. The van der Waals surface area contributed by atoms with Gasteiger partial charge in [-0.1, -0.05) is 31.9 Å². The fraction of sp³-hybridized carbons (Fsp3) is 0.571. The monoisotopic (exact) mass is 543 g/mol. The van der Waals surface area contributed by atoms with Crippen molar-refractivity contribution < 1.29 is 19.1 Å². The zero-order chi connectivity index (χ0) is 27.8. The Hall–Kier alpha value is -3.07. The first-order chi connectivity index (χ1) is 17.8. The summed E-state index contributed by atoms with van der Waals surface area (Å²) in [5.74, 6) is -0.157. The second-order valence-electron chi connectivity index (χ2n) is 12.1. The van der Waals surface area contributed by atoms with Crippen molar-refractivity contribution in [3.8, 4) is 11.1 Å². The Bertz CT molecular complexity index is 1250. The molecule has 3 amide bonds. The summed E-state index contributed by atoms with van der Waals surface area (Å²) in [5, 5.41) is 9.02. The van der Waals surface area contributed by atoms with E-state index in [0.29, 0.717) is 23.0 Å². The summed E-state index contributed by atoms with van der Waals surface area (Å²) in [6.45, 7) is 10.5. The second kappa shape index (κ2) is 10.6. The number of rotatable bonds is 5. The van der Waals surface area contributed by atoms with Crippen LogP contribution in [0.2, 0.25) is 5.02 Å². The lowest BCUT2D eigenvalue weighted by Gasteiger charge is -2.30. The zero-order valence-electron chi connectivity index (χ0n) is 23.0. The van der Waals surface area contributed by atoms with E-state index in [2.05, 4.69) is 39.3 Å². The quantitative estimate of drug-likeness (QED) is 0.481. The summed E-state index contributed by atoms with van der Waals surface area (Å²) >= 11 is 6.59. The summed E-state index contributed by atoms with van der Waals surface area (Å²) in [5.41, 5.74) is 2.66. The number of carbonyl (C=O) groups excluding carboxylic acids is 3. The van der Waals surface area contributed by atoms with Crippen LogP contribution in [-0.4, -0.2) is 46.1 Å². The van der Waals surface area contributed by atoms with Gasteiger partial charge in [0.05, 0.1) is 5.02 Å². The third kappa shape index (κ3) is 6.31. The van der Waals surface area contributed by atoms with Gasteiger partial charge in [0.15, 0.2) is 0 Å². The molecule has 0 spiro atoms. The SMILES string of the molecule is CNC(=O)c1cc(-c2cc(NC(=O)[C@H]3CCC[C@@H](NC(=O)OC(C)(C)C)C3)ncc2Cl)c2n1CC(C)(C)C2. The largest absolute Gasteiger partial charge is 0.444 e. The van der Waals surface area contributed by atoms with Gasteiger partial charge in [-0.15, -0.1) is 0 Å². The van der Waals surface area contributed by atoms with Gasteiger partial charge < -0.3 is 25.3 Å². The predicted molar refractivity (Wildman–Crippen MR) is 147 cm³/mol. The van der Waals surface area contributed by atoms with E-state index in [9.17, 15) is 14.4 Å². The van der Waals surface area contributed by atoms with E-state index in [-0.39, 0.29) is 29.2 Å². The number of hydrogen-bond donors (Lipinski definition) is 3. The van der Waals surface area contributed by atoms with Crippen LogP contribution in [0.5, 0.6) is 0 Å². The summed E-state index contributed by atoms with van der Waals surface area (Å²) in [6.07, 6.45) is 4.76. The van der Waals surface area contributed by atoms with Crippen LogP contribution in [0.3, 0.4) is 0 Å². The first-order valence-electron chi connectivity index (χ1n) is 13.2. The molecule has 1 fully saturated rings. The molecule has 2 aromatic heterocycles. The Morgan fingerprint density at radius 1 is 1.16 bits per heavy atom. The molecule has 0 aromatic carbocycles. The van der Waals surface area contributed by atoms with Crippen LogP contribution in [0.15, 0.2) is 18.3 Å². The molecule has 2 atom stereocenters. The molecule has 3 N–H and O–H groups in total. The number of ether oxygens (including phenoxy) is 1. The molecule has 206 valence electrons. The topological polar surface area (TPSA) is 114 Å². The molecular weight excluding hydrogens is 506 g/mol. The number of halogens is 1. The van der Waals surface area contributed by atoms with Crippen LogP contribution in [0, 0.1) is 11.3 Å². The number of pyridine rings is 1. The molecule has 3 heterocycles. The predicted octanol–water partition coefficient (Wildman–Crippen LogP) is 5.17. The molecule has 1 aliphatic heterocycles. The highest BCUT2D eigenvalue weighted by atomic mass is 35.5. The molecule has 0 bridgehead atoms. The summed E-state index contributed by atoms with van der Waals surface area (Å²) in [4.78, 5) is 42.3. The van der Waals surface area contributed by atoms with E-state index < -0.39 is 11.7 Å². The Morgan fingerprint density at radius 2 is 1.89 bits per heavy atom. The fourth-order valence-electron chi connectivity index (χ4n) is 5.42. The highest BCUT2D eigenvalue weighted by molar-refractivity contribution is 6.33. The number of anilines is 1. The highest BCUT2D eigenvalue weighted by Gasteiger charge is 2.35. The van der Waals surface area contributed by atoms with Gasteiger partial charge in [-0.3, -0.25) is 9.59 Å². The highest BCUT2D eigenvalue weighted by Crippen LogP contribution is 2.42. The molecule has 38 heavy (non-hydrogen) atoms. The summed E-state index contributed by atoms with van der Waals surface area (Å²) in [6, 6.07) is 3.51. The maximum absolute atomic E-state index is 13.2. The van der Waals surface area contributed by atoms with Crippen molar-refractivity contribution in [2.45, 2.75) is 84.9 Å². The molecule has 0 radical (unpaired) electrons. The first kappa shape index (κ1) is 28.0. The lowest BCUT2D eigenvalue weighted by Crippen LogP contribution is -2.43. The molecule has 9 nitrogen and oxygen atoms in total. The Labute approximate surface area is 229 Å². The van der Waals surface area contributed by atoms with E-state index in [1.807, 2.05) is 26.8 Å². The molecule has 0 saturated heterocycles. The number of aromatic nitrogens is 2. The number of nitrogens with zero attached hydrogens (tertiary/aromatic N) is 2. The average Bonchev–Trinajstić information content (AvgIpc) is 3.31. The van der Waals surface area contributed by atoms with Crippen molar-refractivity contribution in [3.05, 3.63) is 34.7 Å². The number of hydrogen-bond acceptors (Lipinski definition) is 5. The summed E-state index contributed by atoms with van der Waals surface area (Å²) < 4.78 is 7.43. The van der Waals surface area contributed by atoms with Crippen molar-refractivity contribution in [2.24, 2.45) is 11.3 Å². The Kier molecular flexibility index (Phi) is 7.79. The van der Waals surface area contributed by atoms with Gasteiger partial charge in [0.1, 0.15) is 17.1 Å². The third-order valence-electron chi connectivity index (χ3n) is 7.06. The standard InChI is InChI=1S/C28H38ClN5O4/c1-27(2,3)38-26(37)32-17-9-7-8-16(10-17)24(35)33-23-12-18(20(29)14-31-23)19-11-21(25(36)30-6)34-15-28(4,5)13-22(19)34/h11-12,14,16-17H,7-10,13,15H2,1-6H3,(H,30,36)(H,32,37)(H,31,33,35)/t16-,17+/m0/s1. The van der Waals surface area contributed by atoms with Crippen LogP contribution >= 0.6 is 11.6 Å². The molecule has 1 aliphatic carbocycles. The van der Waals surface area contributed by atoms with Crippen molar-refractivity contribution in [1.29, 1.82) is 0 Å². The number of nitrogens with one attached hydrogen (secondary N) is 3.